The Hall–Kier alpha value is -0.790. The number of aryl methyl sites for hydroxylation is 1. The molecular formula is C9H16N2. The second kappa shape index (κ2) is 3.56. The molecular weight excluding hydrogens is 136 g/mol. The third kappa shape index (κ3) is 2.07. The minimum Gasteiger partial charge on any atom is -0.334 e. The topological polar surface area (TPSA) is 17.8 Å². The van der Waals surface area contributed by atoms with Crippen molar-refractivity contribution in [3.8, 4) is 0 Å². The molecule has 1 rings (SSSR count). The average molecular weight is 152 g/mol. The molecule has 1 atom stereocenters. The van der Waals surface area contributed by atoms with Crippen LogP contribution < -0.4 is 0 Å². The van der Waals surface area contributed by atoms with Gasteiger partial charge in [0.15, 0.2) is 0 Å². The summed E-state index contributed by atoms with van der Waals surface area (Å²) < 4.78 is 2.18. The van der Waals surface area contributed by atoms with Gasteiger partial charge in [0, 0.05) is 12.2 Å². The highest BCUT2D eigenvalue weighted by atomic mass is 15.1. The molecule has 2 heteroatoms. The van der Waals surface area contributed by atoms with Crippen molar-refractivity contribution in [2.45, 2.75) is 39.7 Å². The summed E-state index contributed by atoms with van der Waals surface area (Å²) in [6, 6.07) is 0.598. The number of aromatic nitrogens is 2. The summed E-state index contributed by atoms with van der Waals surface area (Å²) in [4.78, 5) is 4.18. The van der Waals surface area contributed by atoms with Gasteiger partial charge in [0.25, 0.3) is 0 Å². The molecule has 0 radical (unpaired) electrons. The summed E-state index contributed by atoms with van der Waals surface area (Å²) in [6.07, 6.45) is 6.48. The van der Waals surface area contributed by atoms with Crippen molar-refractivity contribution >= 4 is 0 Å². The Bertz CT molecular complexity index is 215. The molecule has 0 aromatic carbocycles. The molecule has 0 aliphatic heterocycles. The molecule has 0 saturated heterocycles. The van der Waals surface area contributed by atoms with Gasteiger partial charge < -0.3 is 4.57 Å². The first kappa shape index (κ1) is 8.31. The molecule has 1 aromatic heterocycles. The zero-order valence-corrected chi connectivity index (χ0v) is 7.54. The van der Waals surface area contributed by atoms with E-state index in [0.717, 1.165) is 5.69 Å². The van der Waals surface area contributed by atoms with E-state index in [1.165, 1.54) is 12.8 Å². The Kier molecular flexibility index (Phi) is 2.69. The second-order valence-electron chi connectivity index (χ2n) is 3.10. The summed E-state index contributed by atoms with van der Waals surface area (Å²) in [5.74, 6) is 0. The Morgan fingerprint density at radius 1 is 1.64 bits per heavy atom. The van der Waals surface area contributed by atoms with Gasteiger partial charge in [0.1, 0.15) is 0 Å². The summed E-state index contributed by atoms with van der Waals surface area (Å²) in [5.41, 5.74) is 1.10. The van der Waals surface area contributed by atoms with Gasteiger partial charge in [0.2, 0.25) is 0 Å². The molecule has 11 heavy (non-hydrogen) atoms. The van der Waals surface area contributed by atoms with Crippen LogP contribution >= 0.6 is 0 Å². The Balaban J connectivity index is 2.60. The lowest BCUT2D eigenvalue weighted by atomic mass is 10.2. The minimum absolute atomic E-state index is 0.598. The molecule has 0 bridgehead atoms. The van der Waals surface area contributed by atoms with Crippen molar-refractivity contribution in [2.75, 3.05) is 0 Å². The van der Waals surface area contributed by atoms with E-state index in [4.69, 9.17) is 0 Å². The molecule has 0 spiro atoms. The van der Waals surface area contributed by atoms with Crippen LogP contribution in [0.4, 0.5) is 0 Å². The highest BCUT2D eigenvalue weighted by molar-refractivity contribution is 4.93. The van der Waals surface area contributed by atoms with E-state index >= 15 is 0 Å². The summed E-state index contributed by atoms with van der Waals surface area (Å²) in [7, 11) is 0. The van der Waals surface area contributed by atoms with Crippen molar-refractivity contribution in [3.05, 3.63) is 18.2 Å². The third-order valence-corrected chi connectivity index (χ3v) is 1.95. The Morgan fingerprint density at radius 3 is 2.82 bits per heavy atom. The van der Waals surface area contributed by atoms with Crippen LogP contribution in [0.25, 0.3) is 0 Å². The molecule has 0 N–H and O–H groups in total. The van der Waals surface area contributed by atoms with E-state index < -0.39 is 0 Å². The van der Waals surface area contributed by atoms with Gasteiger partial charge in [-0.25, -0.2) is 4.98 Å². The predicted molar refractivity (Wildman–Crippen MR) is 46.6 cm³/mol. The maximum Gasteiger partial charge on any atom is 0.0951 e. The molecule has 0 saturated carbocycles. The van der Waals surface area contributed by atoms with Crippen molar-refractivity contribution < 1.29 is 0 Å². The fourth-order valence-corrected chi connectivity index (χ4v) is 1.25. The van der Waals surface area contributed by atoms with Crippen LogP contribution in [0.2, 0.25) is 0 Å². The smallest absolute Gasteiger partial charge is 0.0951 e. The van der Waals surface area contributed by atoms with Gasteiger partial charge in [-0.15, -0.1) is 0 Å². The van der Waals surface area contributed by atoms with Crippen LogP contribution in [-0.4, -0.2) is 9.55 Å². The molecule has 1 heterocycles. The lowest BCUT2D eigenvalue weighted by Gasteiger charge is -2.10. The standard InChI is InChI=1S/C9H16N2/c1-4-5-9(3)11-6-8(2)10-7-11/h6-7,9H,4-5H2,1-3H3. The van der Waals surface area contributed by atoms with Gasteiger partial charge in [-0.3, -0.25) is 0 Å². The maximum atomic E-state index is 4.18. The molecule has 1 unspecified atom stereocenters. The fourth-order valence-electron chi connectivity index (χ4n) is 1.25. The van der Waals surface area contributed by atoms with Crippen molar-refractivity contribution in [3.63, 3.8) is 0 Å². The van der Waals surface area contributed by atoms with Crippen LogP contribution in [0.1, 0.15) is 38.4 Å². The van der Waals surface area contributed by atoms with E-state index in [1.807, 2.05) is 13.3 Å². The largest absolute Gasteiger partial charge is 0.334 e. The molecule has 2 nitrogen and oxygen atoms in total. The maximum absolute atomic E-state index is 4.18. The normalized spacial score (nSPS) is 13.4. The van der Waals surface area contributed by atoms with Crippen LogP contribution in [-0.2, 0) is 0 Å². The van der Waals surface area contributed by atoms with Gasteiger partial charge >= 0.3 is 0 Å². The minimum atomic E-state index is 0.598. The van der Waals surface area contributed by atoms with Crippen LogP contribution in [0.5, 0.6) is 0 Å². The van der Waals surface area contributed by atoms with Gasteiger partial charge in [0.05, 0.1) is 12.0 Å². The third-order valence-electron chi connectivity index (χ3n) is 1.95. The van der Waals surface area contributed by atoms with E-state index in [0.29, 0.717) is 6.04 Å². The molecule has 62 valence electrons. The van der Waals surface area contributed by atoms with Crippen LogP contribution in [0.15, 0.2) is 12.5 Å². The average Bonchev–Trinajstić information content (AvgIpc) is 2.36. The molecule has 0 aliphatic rings. The van der Waals surface area contributed by atoms with Gasteiger partial charge in [-0.05, 0) is 20.3 Å². The number of imidazole rings is 1. The first-order chi connectivity index (χ1) is 5.24. The van der Waals surface area contributed by atoms with E-state index in [-0.39, 0.29) is 0 Å². The SMILES string of the molecule is CCCC(C)n1cnc(C)c1. The number of nitrogens with zero attached hydrogens (tertiary/aromatic N) is 2. The first-order valence-electron chi connectivity index (χ1n) is 4.24. The molecule has 0 amide bonds. The predicted octanol–water partition coefficient (Wildman–Crippen LogP) is 2.55. The molecule has 1 aromatic rings. The summed E-state index contributed by atoms with van der Waals surface area (Å²) in [6.45, 7) is 6.46. The van der Waals surface area contributed by atoms with Crippen molar-refractivity contribution in [2.24, 2.45) is 0 Å². The summed E-state index contributed by atoms with van der Waals surface area (Å²) in [5, 5.41) is 0. The van der Waals surface area contributed by atoms with Crippen LogP contribution in [0, 0.1) is 6.92 Å². The highest BCUT2D eigenvalue weighted by Gasteiger charge is 2.01. The van der Waals surface area contributed by atoms with E-state index in [1.54, 1.807) is 0 Å². The molecule has 0 aliphatic carbocycles. The van der Waals surface area contributed by atoms with Crippen molar-refractivity contribution in [1.29, 1.82) is 0 Å². The van der Waals surface area contributed by atoms with Gasteiger partial charge in [-0.2, -0.15) is 0 Å². The number of hydrogen-bond donors (Lipinski definition) is 0. The van der Waals surface area contributed by atoms with Gasteiger partial charge in [-0.1, -0.05) is 13.3 Å². The van der Waals surface area contributed by atoms with Crippen LogP contribution in [0.3, 0.4) is 0 Å². The number of rotatable bonds is 3. The zero-order chi connectivity index (χ0) is 8.27. The second-order valence-corrected chi connectivity index (χ2v) is 3.10. The zero-order valence-electron chi connectivity index (χ0n) is 7.54. The van der Waals surface area contributed by atoms with E-state index in [9.17, 15) is 0 Å². The Morgan fingerprint density at radius 2 is 2.36 bits per heavy atom. The lowest BCUT2D eigenvalue weighted by Crippen LogP contribution is -2.01. The fraction of sp³-hybridized carbons (Fsp3) is 0.667. The van der Waals surface area contributed by atoms with E-state index in [2.05, 4.69) is 29.6 Å². The van der Waals surface area contributed by atoms with Crippen molar-refractivity contribution in [1.82, 2.24) is 9.55 Å². The summed E-state index contributed by atoms with van der Waals surface area (Å²) >= 11 is 0. The monoisotopic (exact) mass is 152 g/mol. The lowest BCUT2D eigenvalue weighted by molar-refractivity contribution is 0.500. The quantitative estimate of drug-likeness (QED) is 0.650. The highest BCUT2D eigenvalue weighted by Crippen LogP contribution is 2.12. The number of hydrogen-bond acceptors (Lipinski definition) is 1. The first-order valence-corrected chi connectivity index (χ1v) is 4.24. The Labute approximate surface area is 68.3 Å². The molecule has 0 fully saturated rings.